The van der Waals surface area contributed by atoms with Crippen LogP contribution in [0.25, 0.3) is 0 Å². The van der Waals surface area contributed by atoms with Crippen LogP contribution in [0.5, 0.6) is 0 Å². The molecule has 0 fully saturated rings. The first-order valence-corrected chi connectivity index (χ1v) is 7.78. The Balaban J connectivity index is 2.40. The molecule has 1 unspecified atom stereocenters. The summed E-state index contributed by atoms with van der Waals surface area (Å²) in [5.41, 5.74) is 2.61. The van der Waals surface area contributed by atoms with E-state index in [4.69, 9.17) is 0 Å². The summed E-state index contributed by atoms with van der Waals surface area (Å²) in [5, 5.41) is 3.57. The van der Waals surface area contributed by atoms with Gasteiger partial charge in [0.15, 0.2) is 0 Å². The lowest BCUT2D eigenvalue weighted by molar-refractivity contribution is 0.639. The Morgan fingerprint density at radius 2 is 2.00 bits per heavy atom. The largest absolute Gasteiger partial charge is 0.306 e. The van der Waals surface area contributed by atoms with Crippen molar-refractivity contribution in [3.63, 3.8) is 0 Å². The predicted octanol–water partition coefficient (Wildman–Crippen LogP) is 4.83. The van der Waals surface area contributed by atoms with Crippen molar-refractivity contribution in [2.24, 2.45) is 0 Å². The van der Waals surface area contributed by atoms with Gasteiger partial charge < -0.3 is 5.32 Å². The Morgan fingerprint density at radius 1 is 1.22 bits per heavy atom. The maximum absolute atomic E-state index is 3.59. The summed E-state index contributed by atoms with van der Waals surface area (Å²) in [6.07, 6.45) is 0. The summed E-state index contributed by atoms with van der Waals surface area (Å²) in [6.45, 7) is 7.41. The molecule has 1 N–H and O–H groups in total. The third-order valence-corrected chi connectivity index (χ3v) is 4.38. The van der Waals surface area contributed by atoms with Crippen molar-refractivity contribution in [2.75, 3.05) is 6.54 Å². The molecule has 1 heterocycles. The summed E-state index contributed by atoms with van der Waals surface area (Å²) in [4.78, 5) is 2.74. The zero-order chi connectivity index (χ0) is 13.1. The van der Waals surface area contributed by atoms with Crippen LogP contribution in [0.3, 0.4) is 0 Å². The van der Waals surface area contributed by atoms with Crippen LogP contribution in [0.15, 0.2) is 34.8 Å². The van der Waals surface area contributed by atoms with Crippen LogP contribution >= 0.6 is 27.3 Å². The third-order valence-electron chi connectivity index (χ3n) is 2.85. The van der Waals surface area contributed by atoms with E-state index in [0.717, 1.165) is 11.0 Å². The van der Waals surface area contributed by atoms with E-state index < -0.39 is 0 Å². The molecule has 3 heteroatoms. The van der Waals surface area contributed by atoms with Crippen molar-refractivity contribution in [1.82, 2.24) is 5.32 Å². The van der Waals surface area contributed by atoms with Gasteiger partial charge in [-0.15, -0.1) is 11.3 Å². The molecule has 0 saturated heterocycles. The van der Waals surface area contributed by atoms with Gasteiger partial charge in [-0.05, 0) is 55.8 Å². The zero-order valence-corrected chi connectivity index (χ0v) is 13.4. The lowest BCUT2D eigenvalue weighted by Gasteiger charge is -2.18. The van der Waals surface area contributed by atoms with Gasteiger partial charge >= 0.3 is 0 Å². The maximum Gasteiger partial charge on any atom is 0.0671 e. The number of rotatable bonds is 4. The minimum atomic E-state index is 0.296. The number of halogens is 1. The molecule has 0 saturated carbocycles. The molecule has 0 amide bonds. The average Bonchev–Trinajstić information content (AvgIpc) is 2.71. The molecule has 0 bridgehead atoms. The molecular weight excluding hydrogens is 306 g/mol. The van der Waals surface area contributed by atoms with Crippen molar-refractivity contribution in [3.05, 3.63) is 55.7 Å². The van der Waals surface area contributed by atoms with Gasteiger partial charge in [0, 0.05) is 14.2 Å². The monoisotopic (exact) mass is 323 g/mol. The number of benzene rings is 1. The molecule has 96 valence electrons. The normalized spacial score (nSPS) is 12.7. The molecule has 1 aromatic heterocycles. The highest BCUT2D eigenvalue weighted by Gasteiger charge is 2.15. The molecule has 0 aliphatic carbocycles. The van der Waals surface area contributed by atoms with E-state index in [-0.39, 0.29) is 0 Å². The third kappa shape index (κ3) is 3.22. The Hall–Kier alpha value is -0.640. The van der Waals surface area contributed by atoms with E-state index in [0.29, 0.717) is 6.04 Å². The van der Waals surface area contributed by atoms with Gasteiger partial charge in [0.1, 0.15) is 0 Å². The van der Waals surface area contributed by atoms with Gasteiger partial charge in [-0.2, -0.15) is 0 Å². The summed E-state index contributed by atoms with van der Waals surface area (Å²) in [6, 6.07) is 11.3. The van der Waals surface area contributed by atoms with Crippen LogP contribution in [0.4, 0.5) is 0 Å². The summed E-state index contributed by atoms with van der Waals surface area (Å²) in [7, 11) is 0. The van der Waals surface area contributed by atoms with Gasteiger partial charge in [0.25, 0.3) is 0 Å². The van der Waals surface area contributed by atoms with E-state index in [1.807, 2.05) is 11.3 Å². The molecule has 0 spiro atoms. The summed E-state index contributed by atoms with van der Waals surface area (Å²) in [5.74, 6) is 0. The first-order valence-electron chi connectivity index (χ1n) is 6.17. The molecular formula is C15H18BrNS. The molecule has 0 aliphatic rings. The fourth-order valence-electron chi connectivity index (χ4n) is 2.13. The highest BCUT2D eigenvalue weighted by atomic mass is 79.9. The first kappa shape index (κ1) is 13.8. The quantitative estimate of drug-likeness (QED) is 0.850. The fraction of sp³-hybridized carbons (Fsp3) is 0.333. The van der Waals surface area contributed by atoms with E-state index in [9.17, 15) is 0 Å². The summed E-state index contributed by atoms with van der Waals surface area (Å²) >= 11 is 5.45. The first-order chi connectivity index (χ1) is 8.60. The fourth-order valence-corrected chi connectivity index (χ4v) is 3.73. The molecule has 2 rings (SSSR count). The molecule has 0 radical (unpaired) electrons. The van der Waals surface area contributed by atoms with Crippen molar-refractivity contribution >= 4 is 27.3 Å². The van der Waals surface area contributed by atoms with E-state index >= 15 is 0 Å². The van der Waals surface area contributed by atoms with Gasteiger partial charge in [0.05, 0.1) is 6.04 Å². The van der Waals surface area contributed by atoms with Gasteiger partial charge in [0.2, 0.25) is 0 Å². The predicted molar refractivity (Wildman–Crippen MR) is 83.5 cm³/mol. The highest BCUT2D eigenvalue weighted by molar-refractivity contribution is 9.10. The second kappa shape index (κ2) is 6.00. The second-order valence-electron chi connectivity index (χ2n) is 4.50. The smallest absolute Gasteiger partial charge is 0.0671 e. The van der Waals surface area contributed by atoms with Crippen molar-refractivity contribution < 1.29 is 0 Å². The van der Waals surface area contributed by atoms with Crippen LogP contribution in [0.1, 0.15) is 33.8 Å². The Kier molecular flexibility index (Phi) is 4.60. The topological polar surface area (TPSA) is 12.0 Å². The average molecular weight is 324 g/mol. The summed E-state index contributed by atoms with van der Waals surface area (Å²) < 4.78 is 1.15. The maximum atomic E-state index is 3.59. The molecule has 1 nitrogen and oxygen atoms in total. The molecule has 1 atom stereocenters. The highest BCUT2D eigenvalue weighted by Crippen LogP contribution is 2.30. The lowest BCUT2D eigenvalue weighted by Crippen LogP contribution is -2.21. The van der Waals surface area contributed by atoms with Crippen molar-refractivity contribution in [1.29, 1.82) is 0 Å². The lowest BCUT2D eigenvalue weighted by atomic mass is 10.0. The SMILES string of the molecule is CCNC(c1cc(C)cc(Br)c1)c1ccc(C)s1. The van der Waals surface area contributed by atoms with Crippen molar-refractivity contribution in [3.8, 4) is 0 Å². The van der Waals surface area contributed by atoms with Crippen molar-refractivity contribution in [2.45, 2.75) is 26.8 Å². The van der Waals surface area contributed by atoms with Crippen LogP contribution in [-0.2, 0) is 0 Å². The van der Waals surface area contributed by atoms with Crippen LogP contribution in [-0.4, -0.2) is 6.54 Å². The Bertz CT molecular complexity index is 513. The zero-order valence-electron chi connectivity index (χ0n) is 11.0. The van der Waals surface area contributed by atoms with E-state index in [2.05, 4.69) is 72.3 Å². The minimum absolute atomic E-state index is 0.296. The molecule has 18 heavy (non-hydrogen) atoms. The molecule has 0 aliphatic heterocycles. The number of hydrogen-bond acceptors (Lipinski definition) is 2. The van der Waals surface area contributed by atoms with Crippen LogP contribution < -0.4 is 5.32 Å². The molecule has 1 aromatic carbocycles. The number of thiophene rings is 1. The Labute approximate surface area is 121 Å². The minimum Gasteiger partial charge on any atom is -0.306 e. The Morgan fingerprint density at radius 3 is 2.56 bits per heavy atom. The number of aryl methyl sites for hydroxylation is 2. The number of hydrogen-bond donors (Lipinski definition) is 1. The van der Waals surface area contributed by atoms with E-state index in [1.54, 1.807) is 0 Å². The van der Waals surface area contributed by atoms with E-state index in [1.165, 1.54) is 20.9 Å². The van der Waals surface area contributed by atoms with Crippen LogP contribution in [0.2, 0.25) is 0 Å². The standard InChI is InChI=1S/C15H18BrNS/c1-4-17-15(14-6-5-11(3)18-14)12-7-10(2)8-13(16)9-12/h5-9,15,17H,4H2,1-3H3. The van der Waals surface area contributed by atoms with Crippen LogP contribution in [0, 0.1) is 13.8 Å². The van der Waals surface area contributed by atoms with Gasteiger partial charge in [-0.25, -0.2) is 0 Å². The van der Waals surface area contributed by atoms with Gasteiger partial charge in [-0.1, -0.05) is 28.9 Å². The number of nitrogens with one attached hydrogen (secondary N) is 1. The second-order valence-corrected chi connectivity index (χ2v) is 6.74. The van der Waals surface area contributed by atoms with Gasteiger partial charge in [-0.3, -0.25) is 0 Å². The molecule has 2 aromatic rings.